The summed E-state index contributed by atoms with van der Waals surface area (Å²) in [4.78, 5) is 0. The lowest BCUT2D eigenvalue weighted by Crippen LogP contribution is -3.00. The highest BCUT2D eigenvalue weighted by atomic mass is 35.5. The molecule has 1 rings (SSSR count). The van der Waals surface area contributed by atoms with Gasteiger partial charge in [0, 0.05) is 5.54 Å². The van der Waals surface area contributed by atoms with Gasteiger partial charge < -0.3 is 22.9 Å². The second-order valence-electron chi connectivity index (χ2n) is 3.59. The number of nitrogens with two attached hydrogens (primary N) is 1. The molecule has 2 nitrogen and oxygen atoms in total. The number of benzene rings is 1. The zero-order valence-corrected chi connectivity index (χ0v) is 8.71. The van der Waals surface area contributed by atoms with Crippen molar-refractivity contribution in [3.8, 4) is 5.75 Å². The number of hydrogen-bond acceptors (Lipinski definition) is 2. The summed E-state index contributed by atoms with van der Waals surface area (Å²) in [5, 5.41) is 0. The fourth-order valence-electron chi connectivity index (χ4n) is 0.786. The van der Waals surface area contributed by atoms with Gasteiger partial charge >= 0.3 is 1.43 Å². The van der Waals surface area contributed by atoms with Gasteiger partial charge in [0.05, 0.1) is 0 Å². The zero-order chi connectivity index (χ0) is 9.03. The van der Waals surface area contributed by atoms with Crippen LogP contribution in [0.4, 0.5) is 0 Å². The van der Waals surface area contributed by atoms with Crippen molar-refractivity contribution in [2.24, 2.45) is 5.73 Å². The van der Waals surface area contributed by atoms with Gasteiger partial charge in [0.1, 0.15) is 12.4 Å². The van der Waals surface area contributed by atoms with Crippen molar-refractivity contribution >= 4 is 0 Å². The van der Waals surface area contributed by atoms with E-state index in [9.17, 15) is 0 Å². The van der Waals surface area contributed by atoms with E-state index in [1.165, 1.54) is 0 Å². The van der Waals surface area contributed by atoms with E-state index in [0.29, 0.717) is 6.61 Å². The van der Waals surface area contributed by atoms with Crippen LogP contribution in [0.15, 0.2) is 30.3 Å². The first-order valence-corrected chi connectivity index (χ1v) is 4.05. The van der Waals surface area contributed by atoms with Crippen LogP contribution in [0.2, 0.25) is 0 Å². The van der Waals surface area contributed by atoms with Gasteiger partial charge in [0.2, 0.25) is 0 Å². The monoisotopic (exact) mass is 201 g/mol. The molecule has 0 heterocycles. The van der Waals surface area contributed by atoms with Crippen molar-refractivity contribution in [3.05, 3.63) is 30.3 Å². The molecule has 1 aromatic rings. The summed E-state index contributed by atoms with van der Waals surface area (Å²) in [5.41, 5.74) is 5.49. The van der Waals surface area contributed by atoms with Gasteiger partial charge in [-0.3, -0.25) is 0 Å². The minimum absolute atomic E-state index is 0. The molecular weight excluding hydrogens is 186 g/mol. The van der Waals surface area contributed by atoms with Crippen molar-refractivity contribution in [2.45, 2.75) is 19.4 Å². The summed E-state index contributed by atoms with van der Waals surface area (Å²) >= 11 is 0. The van der Waals surface area contributed by atoms with E-state index in [2.05, 4.69) is 0 Å². The molecular formula is C10H16ClNO. The van der Waals surface area contributed by atoms with E-state index < -0.39 is 0 Å². The lowest BCUT2D eigenvalue weighted by atomic mass is 10.1. The quantitative estimate of drug-likeness (QED) is 0.676. The first kappa shape index (κ1) is 12.3. The van der Waals surface area contributed by atoms with Gasteiger partial charge in [0.15, 0.2) is 0 Å². The maximum absolute atomic E-state index is 5.76. The standard InChI is InChI=1S/C10H15NO.ClH/c1-10(2,11)8-12-9-6-4-3-5-7-9;/h3-7H,8,11H2,1-2H3;1H. The number of ether oxygens (including phenoxy) is 1. The molecule has 0 aliphatic rings. The Morgan fingerprint density at radius 3 is 2.31 bits per heavy atom. The molecule has 13 heavy (non-hydrogen) atoms. The number of rotatable bonds is 3. The number of halogens is 1. The maximum Gasteiger partial charge on any atom is 1.00 e. The molecule has 0 aromatic heterocycles. The topological polar surface area (TPSA) is 35.2 Å². The molecule has 2 N–H and O–H groups in total. The summed E-state index contributed by atoms with van der Waals surface area (Å²) in [6.07, 6.45) is 0. The highest BCUT2D eigenvalue weighted by Gasteiger charge is 2.10. The van der Waals surface area contributed by atoms with Crippen molar-refractivity contribution in [1.82, 2.24) is 0 Å². The Kier molecular flexibility index (Phi) is 4.81. The molecule has 0 atom stereocenters. The SMILES string of the molecule is CC(C)(N)COc1ccccc1.[Cl-].[H+]. The van der Waals surface area contributed by atoms with E-state index in [-0.39, 0.29) is 19.4 Å². The maximum atomic E-state index is 5.76. The highest BCUT2D eigenvalue weighted by molar-refractivity contribution is 5.21. The Morgan fingerprint density at radius 2 is 1.85 bits per heavy atom. The number of para-hydroxylation sites is 1. The van der Waals surface area contributed by atoms with E-state index in [0.717, 1.165) is 5.75 Å². The van der Waals surface area contributed by atoms with Gasteiger partial charge in [-0.1, -0.05) is 18.2 Å². The van der Waals surface area contributed by atoms with Crippen molar-refractivity contribution in [1.29, 1.82) is 0 Å². The van der Waals surface area contributed by atoms with Crippen LogP contribution in [0.5, 0.6) is 5.75 Å². The molecule has 0 radical (unpaired) electrons. The van der Waals surface area contributed by atoms with Crippen LogP contribution >= 0.6 is 0 Å². The van der Waals surface area contributed by atoms with Crippen LogP contribution in [0, 0.1) is 0 Å². The first-order chi connectivity index (χ1) is 5.58. The summed E-state index contributed by atoms with van der Waals surface area (Å²) in [6.45, 7) is 4.42. The molecule has 3 heteroatoms. The highest BCUT2D eigenvalue weighted by Crippen LogP contribution is 2.10. The van der Waals surface area contributed by atoms with E-state index in [1.807, 2.05) is 44.2 Å². The predicted molar refractivity (Wildman–Crippen MR) is 51.3 cm³/mol. The van der Waals surface area contributed by atoms with Crippen molar-refractivity contribution in [3.63, 3.8) is 0 Å². The fourth-order valence-corrected chi connectivity index (χ4v) is 0.786. The molecule has 0 bridgehead atoms. The number of hydrogen-bond donors (Lipinski definition) is 1. The Labute approximate surface area is 87.0 Å². The van der Waals surface area contributed by atoms with Crippen LogP contribution in [-0.2, 0) is 0 Å². The molecule has 74 valence electrons. The van der Waals surface area contributed by atoms with Gasteiger partial charge in [-0.15, -0.1) is 0 Å². The van der Waals surface area contributed by atoms with Gasteiger partial charge in [-0.2, -0.15) is 0 Å². The largest absolute Gasteiger partial charge is 1.00 e. The first-order valence-electron chi connectivity index (χ1n) is 4.05. The second kappa shape index (κ2) is 5.10. The van der Waals surface area contributed by atoms with Crippen LogP contribution < -0.4 is 22.9 Å². The molecule has 0 saturated heterocycles. The summed E-state index contributed by atoms with van der Waals surface area (Å²) in [6, 6.07) is 9.69. The van der Waals surface area contributed by atoms with E-state index >= 15 is 0 Å². The Morgan fingerprint density at radius 1 is 1.31 bits per heavy atom. The van der Waals surface area contributed by atoms with Gasteiger partial charge in [-0.05, 0) is 26.0 Å². The van der Waals surface area contributed by atoms with E-state index in [4.69, 9.17) is 10.5 Å². The average molecular weight is 202 g/mol. The molecule has 0 saturated carbocycles. The Hall–Kier alpha value is -0.730. The molecule has 0 aliphatic carbocycles. The second-order valence-corrected chi connectivity index (χ2v) is 3.59. The minimum atomic E-state index is -0.268. The van der Waals surface area contributed by atoms with Crippen molar-refractivity contribution < 1.29 is 18.6 Å². The van der Waals surface area contributed by atoms with Crippen LogP contribution in [0.25, 0.3) is 0 Å². The lowest BCUT2D eigenvalue weighted by Gasteiger charge is -2.18. The third-order valence-electron chi connectivity index (χ3n) is 1.35. The molecule has 0 fully saturated rings. The summed E-state index contributed by atoms with van der Waals surface area (Å²) in [5.74, 6) is 0.871. The van der Waals surface area contributed by atoms with Crippen LogP contribution in [0.1, 0.15) is 15.3 Å². The molecule has 0 spiro atoms. The third kappa shape index (κ3) is 5.50. The summed E-state index contributed by atoms with van der Waals surface area (Å²) < 4.78 is 5.45. The van der Waals surface area contributed by atoms with Crippen molar-refractivity contribution in [2.75, 3.05) is 6.61 Å². The molecule has 0 unspecified atom stereocenters. The smallest absolute Gasteiger partial charge is 1.00 e. The zero-order valence-electron chi connectivity index (χ0n) is 8.96. The molecule has 1 aromatic carbocycles. The van der Waals surface area contributed by atoms with E-state index in [1.54, 1.807) is 0 Å². The average Bonchev–Trinajstić information content (AvgIpc) is 2.02. The predicted octanol–water partition coefficient (Wildman–Crippen LogP) is -1.08. The Balaban J connectivity index is 0. The van der Waals surface area contributed by atoms with Crippen LogP contribution in [-0.4, -0.2) is 12.1 Å². The fraction of sp³-hybridized carbons (Fsp3) is 0.400. The lowest BCUT2D eigenvalue weighted by molar-refractivity contribution is -0.00000328. The Bertz CT molecular complexity index is 236. The normalized spacial score (nSPS) is 10.4. The van der Waals surface area contributed by atoms with Gasteiger partial charge in [-0.25, -0.2) is 0 Å². The minimum Gasteiger partial charge on any atom is -1.00 e. The summed E-state index contributed by atoms with van der Waals surface area (Å²) in [7, 11) is 0. The third-order valence-corrected chi connectivity index (χ3v) is 1.35. The molecule has 0 aliphatic heterocycles. The van der Waals surface area contributed by atoms with Gasteiger partial charge in [0.25, 0.3) is 0 Å². The molecule has 0 amide bonds. The van der Waals surface area contributed by atoms with Crippen LogP contribution in [0.3, 0.4) is 0 Å².